The molecule has 3 nitrogen and oxygen atoms in total. The minimum Gasteiger partial charge on any atom is -0.457 e. The highest BCUT2D eigenvalue weighted by Crippen LogP contribution is 2.44. The fraction of sp³-hybridized carbons (Fsp3) is 0.320. The highest BCUT2D eigenvalue weighted by Gasteiger charge is 2.38. The maximum absolute atomic E-state index is 13.0. The Morgan fingerprint density at radius 2 is 1.79 bits per heavy atom. The molecule has 1 unspecified atom stereocenters. The van der Waals surface area contributed by atoms with Gasteiger partial charge in [-0.1, -0.05) is 57.2 Å². The average molecular weight is 373 g/mol. The standard InChI is InChI=1S/C25H27NO2/c1-4-18-14-21(24-22(26-18)15-25(2,3)16-23(24)27)17-9-8-12-20(13-17)28-19-10-6-5-7-11-19/h5-14,21,26H,4,15-16H2,1-3H3. The Balaban J connectivity index is 1.71. The van der Waals surface area contributed by atoms with Gasteiger partial charge in [0.1, 0.15) is 11.5 Å². The first-order chi connectivity index (χ1) is 13.4. The van der Waals surface area contributed by atoms with Gasteiger partial charge in [0.15, 0.2) is 5.78 Å². The lowest BCUT2D eigenvalue weighted by Gasteiger charge is -2.38. The van der Waals surface area contributed by atoms with Gasteiger partial charge in [0.25, 0.3) is 0 Å². The molecule has 1 N–H and O–H groups in total. The summed E-state index contributed by atoms with van der Waals surface area (Å²) in [4.78, 5) is 13.0. The lowest BCUT2D eigenvalue weighted by molar-refractivity contribution is -0.118. The van der Waals surface area contributed by atoms with Crippen LogP contribution in [0.15, 0.2) is 77.6 Å². The van der Waals surface area contributed by atoms with E-state index in [4.69, 9.17) is 4.74 Å². The normalized spacial score (nSPS) is 20.9. The Morgan fingerprint density at radius 3 is 2.54 bits per heavy atom. The molecule has 1 atom stereocenters. The van der Waals surface area contributed by atoms with Gasteiger partial charge >= 0.3 is 0 Å². The lowest BCUT2D eigenvalue weighted by atomic mass is 9.70. The first-order valence-electron chi connectivity index (χ1n) is 10.0. The molecule has 0 spiro atoms. The monoisotopic (exact) mass is 373 g/mol. The number of carbonyl (C=O) groups excluding carboxylic acids is 1. The third-order valence-electron chi connectivity index (χ3n) is 5.49. The molecule has 2 aromatic carbocycles. The predicted octanol–water partition coefficient (Wildman–Crippen LogP) is 6.10. The van der Waals surface area contributed by atoms with Crippen LogP contribution in [0.3, 0.4) is 0 Å². The highest BCUT2D eigenvalue weighted by atomic mass is 16.5. The Hall–Kier alpha value is -2.81. The molecule has 0 saturated carbocycles. The Bertz CT molecular complexity index is 954. The van der Waals surface area contributed by atoms with Crippen molar-refractivity contribution in [3.63, 3.8) is 0 Å². The van der Waals surface area contributed by atoms with Gasteiger partial charge in [-0.05, 0) is 48.1 Å². The van der Waals surface area contributed by atoms with Crippen LogP contribution < -0.4 is 10.1 Å². The van der Waals surface area contributed by atoms with Crippen LogP contribution in [0.2, 0.25) is 0 Å². The number of rotatable bonds is 4. The zero-order chi connectivity index (χ0) is 19.7. The van der Waals surface area contributed by atoms with Crippen LogP contribution in [0, 0.1) is 5.41 Å². The number of Topliss-reactive ketones (excluding diaryl/α,β-unsaturated/α-hetero) is 1. The molecule has 0 bridgehead atoms. The molecular formula is C25H27NO2. The molecule has 4 rings (SSSR count). The number of allylic oxidation sites excluding steroid dienone is 4. The molecular weight excluding hydrogens is 346 g/mol. The van der Waals surface area contributed by atoms with Crippen LogP contribution in [0.25, 0.3) is 0 Å². The molecule has 0 saturated heterocycles. The number of para-hydroxylation sites is 1. The highest BCUT2D eigenvalue weighted by molar-refractivity contribution is 5.99. The SMILES string of the molecule is CCC1=CC(c2cccc(Oc3ccccc3)c2)C2=C(CC(C)(C)CC2=O)N1. The molecule has 3 heteroatoms. The van der Waals surface area contributed by atoms with Gasteiger partial charge in [0.05, 0.1) is 0 Å². The van der Waals surface area contributed by atoms with Crippen molar-refractivity contribution < 1.29 is 9.53 Å². The van der Waals surface area contributed by atoms with E-state index >= 15 is 0 Å². The molecule has 0 aromatic heterocycles. The Morgan fingerprint density at radius 1 is 1.04 bits per heavy atom. The predicted molar refractivity (Wildman–Crippen MR) is 112 cm³/mol. The summed E-state index contributed by atoms with van der Waals surface area (Å²) in [6, 6.07) is 17.9. The van der Waals surface area contributed by atoms with Crippen LogP contribution in [-0.2, 0) is 4.79 Å². The van der Waals surface area contributed by atoms with E-state index in [-0.39, 0.29) is 17.1 Å². The van der Waals surface area contributed by atoms with Crippen molar-refractivity contribution in [3.8, 4) is 11.5 Å². The number of carbonyl (C=O) groups is 1. The zero-order valence-electron chi connectivity index (χ0n) is 16.8. The van der Waals surface area contributed by atoms with Crippen molar-refractivity contribution in [2.45, 2.75) is 46.0 Å². The van der Waals surface area contributed by atoms with Gasteiger partial charge < -0.3 is 10.1 Å². The largest absolute Gasteiger partial charge is 0.457 e. The summed E-state index contributed by atoms with van der Waals surface area (Å²) in [5.74, 6) is 1.84. The van der Waals surface area contributed by atoms with Crippen molar-refractivity contribution in [2.75, 3.05) is 0 Å². The quantitative estimate of drug-likeness (QED) is 0.703. The van der Waals surface area contributed by atoms with Gasteiger partial charge in [0, 0.05) is 29.3 Å². The van der Waals surface area contributed by atoms with Crippen molar-refractivity contribution in [1.29, 1.82) is 0 Å². The summed E-state index contributed by atoms with van der Waals surface area (Å²) >= 11 is 0. The number of ketones is 1. The molecule has 1 aliphatic heterocycles. The van der Waals surface area contributed by atoms with Gasteiger partial charge in [-0.2, -0.15) is 0 Å². The van der Waals surface area contributed by atoms with E-state index in [9.17, 15) is 4.79 Å². The number of ether oxygens (including phenoxy) is 1. The van der Waals surface area contributed by atoms with E-state index in [1.165, 1.54) is 5.70 Å². The summed E-state index contributed by atoms with van der Waals surface area (Å²) in [6.45, 7) is 6.49. The van der Waals surface area contributed by atoms with Crippen LogP contribution in [-0.4, -0.2) is 5.78 Å². The number of dihydropyridines is 1. The molecule has 28 heavy (non-hydrogen) atoms. The zero-order valence-corrected chi connectivity index (χ0v) is 16.8. The van der Waals surface area contributed by atoms with Crippen LogP contribution >= 0.6 is 0 Å². The second kappa shape index (κ2) is 7.31. The van der Waals surface area contributed by atoms with Crippen LogP contribution in [0.1, 0.15) is 51.5 Å². The summed E-state index contributed by atoms with van der Waals surface area (Å²) in [7, 11) is 0. The number of hydrogen-bond donors (Lipinski definition) is 1. The summed E-state index contributed by atoms with van der Waals surface area (Å²) < 4.78 is 6.02. The van der Waals surface area contributed by atoms with Gasteiger partial charge in [0.2, 0.25) is 0 Å². The van der Waals surface area contributed by atoms with Crippen molar-refractivity contribution in [1.82, 2.24) is 5.32 Å². The number of hydrogen-bond acceptors (Lipinski definition) is 3. The topological polar surface area (TPSA) is 38.3 Å². The van der Waals surface area contributed by atoms with Crippen LogP contribution in [0.5, 0.6) is 11.5 Å². The third-order valence-corrected chi connectivity index (χ3v) is 5.49. The molecule has 1 aliphatic carbocycles. The van der Waals surface area contributed by atoms with E-state index in [2.05, 4.69) is 44.3 Å². The molecule has 0 fully saturated rings. The molecule has 0 amide bonds. The van der Waals surface area contributed by atoms with E-state index < -0.39 is 0 Å². The number of benzene rings is 2. The lowest BCUT2D eigenvalue weighted by Crippen LogP contribution is -2.35. The molecule has 2 aliphatic rings. The maximum Gasteiger partial charge on any atom is 0.162 e. The van der Waals surface area contributed by atoms with E-state index in [1.807, 2.05) is 42.5 Å². The Labute approximate surface area is 167 Å². The van der Waals surface area contributed by atoms with Gasteiger partial charge in [-0.15, -0.1) is 0 Å². The second-order valence-electron chi connectivity index (χ2n) is 8.47. The van der Waals surface area contributed by atoms with E-state index in [0.717, 1.165) is 41.2 Å². The fourth-order valence-corrected chi connectivity index (χ4v) is 4.19. The van der Waals surface area contributed by atoms with E-state index in [0.29, 0.717) is 6.42 Å². The minimum absolute atomic E-state index is 0.00191. The second-order valence-corrected chi connectivity index (χ2v) is 8.47. The van der Waals surface area contributed by atoms with Gasteiger partial charge in [-0.3, -0.25) is 4.79 Å². The summed E-state index contributed by atoms with van der Waals surface area (Å²) in [5.41, 5.74) is 4.31. The third kappa shape index (κ3) is 3.75. The molecule has 144 valence electrons. The first kappa shape index (κ1) is 18.5. The Kier molecular flexibility index (Phi) is 4.84. The summed E-state index contributed by atoms with van der Waals surface area (Å²) in [5, 5.41) is 3.53. The minimum atomic E-state index is -0.0193. The van der Waals surface area contributed by atoms with Crippen molar-refractivity contribution >= 4 is 5.78 Å². The van der Waals surface area contributed by atoms with Crippen molar-refractivity contribution in [3.05, 3.63) is 83.2 Å². The maximum atomic E-state index is 13.0. The van der Waals surface area contributed by atoms with Crippen LogP contribution in [0.4, 0.5) is 0 Å². The molecule has 2 aromatic rings. The molecule has 0 radical (unpaired) electrons. The summed E-state index contributed by atoms with van der Waals surface area (Å²) in [6.07, 6.45) is 4.63. The first-order valence-corrected chi connectivity index (χ1v) is 10.0. The smallest absolute Gasteiger partial charge is 0.162 e. The van der Waals surface area contributed by atoms with Gasteiger partial charge in [-0.25, -0.2) is 0 Å². The number of nitrogens with one attached hydrogen (secondary N) is 1. The molecule has 1 heterocycles. The van der Waals surface area contributed by atoms with E-state index in [1.54, 1.807) is 0 Å². The fourth-order valence-electron chi connectivity index (χ4n) is 4.19. The van der Waals surface area contributed by atoms with Crippen molar-refractivity contribution in [2.24, 2.45) is 5.41 Å². The average Bonchev–Trinajstić information content (AvgIpc) is 2.67.